The lowest BCUT2D eigenvalue weighted by Crippen LogP contribution is -2.10. The van der Waals surface area contributed by atoms with Crippen molar-refractivity contribution in [2.75, 3.05) is 0 Å². The van der Waals surface area contributed by atoms with Gasteiger partial charge in [-0.2, -0.15) is 13.2 Å². The van der Waals surface area contributed by atoms with Gasteiger partial charge in [0.15, 0.2) is 0 Å². The number of carboxylic acids is 1. The van der Waals surface area contributed by atoms with Crippen molar-refractivity contribution in [1.82, 2.24) is 4.98 Å². The maximum absolute atomic E-state index is 12.8. The second-order valence-electron chi connectivity index (χ2n) is 2.68. The van der Waals surface area contributed by atoms with Gasteiger partial charge < -0.3 is 5.11 Å². The molecule has 7 heteroatoms. The van der Waals surface area contributed by atoms with Crippen molar-refractivity contribution in [3.8, 4) is 0 Å². The zero-order valence-corrected chi connectivity index (χ0v) is 7.12. The Bertz CT molecular complexity index is 360. The first-order chi connectivity index (χ1) is 6.82. The first-order valence-corrected chi connectivity index (χ1v) is 3.72. The molecule has 1 unspecified atom stereocenters. The minimum absolute atomic E-state index is 0.421. The van der Waals surface area contributed by atoms with Crippen LogP contribution in [-0.4, -0.2) is 16.1 Å². The monoisotopic (exact) mass is 223 g/mol. The van der Waals surface area contributed by atoms with E-state index in [-0.39, 0.29) is 0 Å². The molecule has 0 aliphatic heterocycles. The molecule has 3 nitrogen and oxygen atoms in total. The molecule has 1 aromatic heterocycles. The summed E-state index contributed by atoms with van der Waals surface area (Å²) < 4.78 is 48.8. The van der Waals surface area contributed by atoms with Gasteiger partial charge >= 0.3 is 12.1 Å². The van der Waals surface area contributed by atoms with Crippen LogP contribution in [0.15, 0.2) is 18.3 Å². The van der Waals surface area contributed by atoms with E-state index in [1.54, 1.807) is 0 Å². The van der Waals surface area contributed by atoms with Gasteiger partial charge in [0.1, 0.15) is 5.69 Å². The topological polar surface area (TPSA) is 50.2 Å². The number of carboxylic acid groups (broad SMARTS) is 1. The zero-order valence-electron chi connectivity index (χ0n) is 7.12. The lowest BCUT2D eigenvalue weighted by molar-refractivity contribution is -0.143. The highest BCUT2D eigenvalue weighted by Crippen LogP contribution is 2.28. The molecule has 1 N–H and O–H groups in total. The molecule has 1 aromatic rings. The third kappa shape index (κ3) is 2.64. The van der Waals surface area contributed by atoms with Crippen molar-refractivity contribution < 1.29 is 27.5 Å². The average molecular weight is 223 g/mol. The average Bonchev–Trinajstić information content (AvgIpc) is 2.15. The van der Waals surface area contributed by atoms with Crippen LogP contribution in [0, 0.1) is 0 Å². The molecule has 0 radical (unpaired) electrons. The predicted octanol–water partition coefficient (Wildman–Crippen LogP) is 2.20. The number of aliphatic carboxylic acids is 1. The quantitative estimate of drug-likeness (QED) is 0.782. The molecule has 1 rings (SSSR count). The Morgan fingerprint density at radius 2 is 2.00 bits per heavy atom. The SMILES string of the molecule is O=C(O)C(F)c1ccc(C(F)(F)F)nc1. The largest absolute Gasteiger partial charge is 0.479 e. The van der Waals surface area contributed by atoms with E-state index in [0.717, 1.165) is 6.07 Å². The number of aromatic nitrogens is 1. The summed E-state index contributed by atoms with van der Waals surface area (Å²) in [7, 11) is 0. The standard InChI is InChI=1S/C8H5F4NO2/c9-6(7(14)15)4-1-2-5(13-3-4)8(10,11)12/h1-3,6H,(H,14,15). The summed E-state index contributed by atoms with van der Waals surface area (Å²) >= 11 is 0. The van der Waals surface area contributed by atoms with E-state index in [0.29, 0.717) is 12.3 Å². The fraction of sp³-hybridized carbons (Fsp3) is 0.250. The summed E-state index contributed by atoms with van der Waals surface area (Å²) in [4.78, 5) is 13.1. The Kier molecular flexibility index (Phi) is 2.92. The molecular weight excluding hydrogens is 218 g/mol. The molecule has 0 fully saturated rings. The Morgan fingerprint density at radius 1 is 1.40 bits per heavy atom. The summed E-state index contributed by atoms with van der Waals surface area (Å²) in [5, 5.41) is 8.24. The highest BCUT2D eigenvalue weighted by atomic mass is 19.4. The van der Waals surface area contributed by atoms with Gasteiger partial charge in [-0.25, -0.2) is 9.18 Å². The summed E-state index contributed by atoms with van der Waals surface area (Å²) in [6, 6.07) is 1.28. The Labute approximate surface area is 81.4 Å². The number of hydrogen-bond donors (Lipinski definition) is 1. The molecule has 0 spiro atoms. The molecular formula is C8H5F4NO2. The first-order valence-electron chi connectivity index (χ1n) is 3.72. The van der Waals surface area contributed by atoms with Crippen LogP contribution in [0.25, 0.3) is 0 Å². The predicted molar refractivity (Wildman–Crippen MR) is 40.7 cm³/mol. The lowest BCUT2D eigenvalue weighted by atomic mass is 10.2. The smallest absolute Gasteiger partial charge is 0.433 e. The van der Waals surface area contributed by atoms with Gasteiger partial charge in [0.05, 0.1) is 0 Å². The number of rotatable bonds is 2. The van der Waals surface area contributed by atoms with Gasteiger partial charge in [-0.05, 0) is 6.07 Å². The highest BCUT2D eigenvalue weighted by Gasteiger charge is 2.32. The van der Waals surface area contributed by atoms with E-state index in [1.807, 2.05) is 0 Å². The highest BCUT2D eigenvalue weighted by molar-refractivity contribution is 5.73. The van der Waals surface area contributed by atoms with Crippen LogP contribution < -0.4 is 0 Å². The maximum atomic E-state index is 12.8. The van der Waals surface area contributed by atoms with Gasteiger partial charge in [0.2, 0.25) is 6.17 Å². The molecule has 0 saturated carbocycles. The van der Waals surface area contributed by atoms with Crippen LogP contribution in [0.3, 0.4) is 0 Å². The Morgan fingerprint density at radius 3 is 2.33 bits per heavy atom. The van der Waals surface area contributed by atoms with Gasteiger partial charge in [-0.3, -0.25) is 4.98 Å². The van der Waals surface area contributed by atoms with E-state index < -0.39 is 29.6 Å². The van der Waals surface area contributed by atoms with Crippen molar-refractivity contribution in [1.29, 1.82) is 0 Å². The van der Waals surface area contributed by atoms with E-state index in [1.165, 1.54) is 0 Å². The molecule has 1 heterocycles. The number of hydrogen-bond acceptors (Lipinski definition) is 2. The molecule has 0 bridgehead atoms. The molecule has 82 valence electrons. The van der Waals surface area contributed by atoms with E-state index in [4.69, 9.17) is 5.11 Å². The molecule has 0 amide bonds. The molecule has 0 aromatic carbocycles. The van der Waals surface area contributed by atoms with Gasteiger partial charge in [0.25, 0.3) is 0 Å². The molecule has 0 aliphatic carbocycles. The molecule has 1 atom stereocenters. The van der Waals surface area contributed by atoms with Crippen LogP contribution in [0.4, 0.5) is 17.6 Å². The Balaban J connectivity index is 2.95. The molecule has 0 saturated heterocycles. The minimum atomic E-state index is -4.62. The number of nitrogens with zero attached hydrogens (tertiary/aromatic N) is 1. The first kappa shape index (κ1) is 11.4. The van der Waals surface area contributed by atoms with E-state index in [9.17, 15) is 22.4 Å². The van der Waals surface area contributed by atoms with Crippen molar-refractivity contribution in [2.45, 2.75) is 12.3 Å². The number of carbonyl (C=O) groups is 1. The summed E-state index contributed by atoms with van der Waals surface area (Å²) in [5.74, 6) is -1.77. The molecule has 15 heavy (non-hydrogen) atoms. The number of alkyl halides is 4. The van der Waals surface area contributed by atoms with Crippen LogP contribution in [0.1, 0.15) is 17.4 Å². The number of pyridine rings is 1. The molecule has 0 aliphatic rings. The van der Waals surface area contributed by atoms with Gasteiger partial charge in [0, 0.05) is 11.8 Å². The third-order valence-corrected chi connectivity index (χ3v) is 1.59. The number of halogens is 4. The lowest BCUT2D eigenvalue weighted by Gasteiger charge is -2.07. The summed E-state index contributed by atoms with van der Waals surface area (Å²) in [6.45, 7) is 0. The fourth-order valence-corrected chi connectivity index (χ4v) is 0.865. The maximum Gasteiger partial charge on any atom is 0.433 e. The fourth-order valence-electron chi connectivity index (χ4n) is 0.865. The van der Waals surface area contributed by atoms with Crippen LogP contribution in [-0.2, 0) is 11.0 Å². The van der Waals surface area contributed by atoms with Gasteiger partial charge in [-0.1, -0.05) is 6.07 Å². The second-order valence-corrected chi connectivity index (χ2v) is 2.68. The zero-order chi connectivity index (χ0) is 11.6. The summed E-state index contributed by atoms with van der Waals surface area (Å²) in [6.07, 6.45) is -6.42. The summed E-state index contributed by atoms with van der Waals surface area (Å²) in [5.41, 5.74) is -1.61. The second kappa shape index (κ2) is 3.84. The van der Waals surface area contributed by atoms with Crippen molar-refractivity contribution >= 4 is 5.97 Å². The van der Waals surface area contributed by atoms with Crippen LogP contribution >= 0.6 is 0 Å². The van der Waals surface area contributed by atoms with Crippen molar-refractivity contribution in [3.63, 3.8) is 0 Å². The van der Waals surface area contributed by atoms with E-state index in [2.05, 4.69) is 4.98 Å². The Hall–Kier alpha value is -1.66. The van der Waals surface area contributed by atoms with Gasteiger partial charge in [-0.15, -0.1) is 0 Å². The third-order valence-electron chi connectivity index (χ3n) is 1.59. The van der Waals surface area contributed by atoms with E-state index >= 15 is 0 Å². The van der Waals surface area contributed by atoms with Crippen molar-refractivity contribution in [2.24, 2.45) is 0 Å². The van der Waals surface area contributed by atoms with Crippen LogP contribution in [0.5, 0.6) is 0 Å². The van der Waals surface area contributed by atoms with Crippen molar-refractivity contribution in [3.05, 3.63) is 29.6 Å². The minimum Gasteiger partial charge on any atom is -0.479 e. The van der Waals surface area contributed by atoms with Crippen LogP contribution in [0.2, 0.25) is 0 Å². The normalized spacial score (nSPS) is 13.6.